The Morgan fingerprint density at radius 1 is 1.14 bits per heavy atom. The molecule has 0 aliphatic carbocycles. The zero-order valence-corrected chi connectivity index (χ0v) is 13.2. The van der Waals surface area contributed by atoms with Crippen molar-refractivity contribution in [2.45, 2.75) is 6.92 Å². The van der Waals surface area contributed by atoms with Crippen LogP contribution in [-0.4, -0.2) is 26.6 Å². The predicted molar refractivity (Wildman–Crippen MR) is 85.6 cm³/mol. The summed E-state index contributed by atoms with van der Waals surface area (Å²) in [5.74, 6) is 1.62. The van der Waals surface area contributed by atoms with Crippen molar-refractivity contribution in [3.8, 4) is 17.2 Å². The minimum atomic E-state index is 0.310. The van der Waals surface area contributed by atoms with Gasteiger partial charge in [-0.1, -0.05) is 23.7 Å². The Balaban J connectivity index is 1.95. The Hall–Kier alpha value is -2.20. The monoisotopic (exact) mass is 320 g/mol. The third-order valence-electron chi connectivity index (χ3n) is 2.98. The van der Waals surface area contributed by atoms with Crippen molar-refractivity contribution in [3.05, 3.63) is 52.5 Å². The number of carbonyl (C=O) groups is 1. The minimum absolute atomic E-state index is 0.310. The third kappa shape index (κ3) is 4.15. The van der Waals surface area contributed by atoms with Gasteiger partial charge in [0.15, 0.2) is 11.5 Å². The van der Waals surface area contributed by atoms with E-state index in [2.05, 4.69) is 0 Å². The van der Waals surface area contributed by atoms with E-state index in [0.717, 1.165) is 11.3 Å². The van der Waals surface area contributed by atoms with Gasteiger partial charge in [-0.2, -0.15) is 0 Å². The van der Waals surface area contributed by atoms with E-state index in [1.54, 1.807) is 6.07 Å². The zero-order chi connectivity index (χ0) is 15.9. The first-order chi connectivity index (χ1) is 10.6. The number of methoxy groups -OCH3 is 1. The number of aldehydes is 1. The largest absolute Gasteiger partial charge is 0.493 e. The summed E-state index contributed by atoms with van der Waals surface area (Å²) in [5, 5.41) is 0.331. The molecule has 0 unspecified atom stereocenters. The van der Waals surface area contributed by atoms with Crippen molar-refractivity contribution >= 4 is 17.9 Å². The van der Waals surface area contributed by atoms with Crippen LogP contribution in [0.1, 0.15) is 15.9 Å². The Morgan fingerprint density at radius 3 is 2.59 bits per heavy atom. The van der Waals surface area contributed by atoms with E-state index in [9.17, 15) is 4.79 Å². The van der Waals surface area contributed by atoms with Gasteiger partial charge in [0.25, 0.3) is 0 Å². The predicted octanol–water partition coefficient (Wildman–Crippen LogP) is 3.93. The van der Waals surface area contributed by atoms with Crippen molar-refractivity contribution in [1.29, 1.82) is 0 Å². The highest BCUT2D eigenvalue weighted by atomic mass is 35.5. The van der Waals surface area contributed by atoms with E-state index >= 15 is 0 Å². The number of carbonyl (C=O) groups excluding carboxylic acids is 1. The van der Waals surface area contributed by atoms with Gasteiger partial charge in [-0.15, -0.1) is 0 Å². The SMILES string of the molecule is COc1cc(C=O)cc(Cl)c1OCCOc1cccc(C)c1. The average Bonchev–Trinajstić information content (AvgIpc) is 2.52. The Labute approximate surface area is 134 Å². The molecule has 0 fully saturated rings. The minimum Gasteiger partial charge on any atom is -0.493 e. The molecule has 0 bridgehead atoms. The molecule has 2 aromatic carbocycles. The van der Waals surface area contributed by atoms with Crippen molar-refractivity contribution < 1.29 is 19.0 Å². The molecule has 0 aliphatic rings. The summed E-state index contributed by atoms with van der Waals surface area (Å²) >= 11 is 6.10. The fourth-order valence-electron chi connectivity index (χ4n) is 1.96. The number of benzene rings is 2. The Kier molecular flexibility index (Phi) is 5.67. The number of rotatable bonds is 7. The van der Waals surface area contributed by atoms with Crippen molar-refractivity contribution in [1.82, 2.24) is 0 Å². The summed E-state index contributed by atoms with van der Waals surface area (Å²) in [6, 6.07) is 10.9. The molecule has 0 saturated carbocycles. The number of aryl methyl sites for hydroxylation is 1. The van der Waals surface area contributed by atoms with Crippen LogP contribution in [0.4, 0.5) is 0 Å². The maximum atomic E-state index is 10.8. The molecule has 116 valence electrons. The first-order valence-electron chi connectivity index (χ1n) is 6.79. The smallest absolute Gasteiger partial charge is 0.179 e. The second-order valence-electron chi connectivity index (χ2n) is 4.67. The van der Waals surface area contributed by atoms with Crippen LogP contribution in [0, 0.1) is 6.92 Å². The molecule has 2 aromatic rings. The van der Waals surface area contributed by atoms with E-state index < -0.39 is 0 Å². The molecule has 0 aromatic heterocycles. The summed E-state index contributed by atoms with van der Waals surface area (Å²) in [6.07, 6.45) is 0.707. The molecule has 4 nitrogen and oxygen atoms in total. The quantitative estimate of drug-likeness (QED) is 0.573. The van der Waals surface area contributed by atoms with E-state index in [1.807, 2.05) is 31.2 Å². The van der Waals surface area contributed by atoms with Gasteiger partial charge in [0.2, 0.25) is 0 Å². The van der Waals surface area contributed by atoms with Gasteiger partial charge in [-0.25, -0.2) is 0 Å². The van der Waals surface area contributed by atoms with Gasteiger partial charge < -0.3 is 14.2 Å². The number of hydrogen-bond acceptors (Lipinski definition) is 4. The lowest BCUT2D eigenvalue weighted by molar-refractivity contribution is 0.112. The van der Waals surface area contributed by atoms with Crippen LogP contribution in [0.5, 0.6) is 17.2 Å². The molecule has 0 heterocycles. The summed E-state index contributed by atoms with van der Waals surface area (Å²) in [7, 11) is 1.50. The Morgan fingerprint density at radius 2 is 1.91 bits per heavy atom. The van der Waals surface area contributed by atoms with E-state index in [1.165, 1.54) is 13.2 Å². The highest BCUT2D eigenvalue weighted by Crippen LogP contribution is 2.35. The lowest BCUT2D eigenvalue weighted by atomic mass is 10.2. The molecule has 0 aliphatic heterocycles. The molecule has 2 rings (SSSR count). The van der Waals surface area contributed by atoms with Crippen LogP contribution < -0.4 is 14.2 Å². The molecule has 0 spiro atoms. The average molecular weight is 321 g/mol. The van der Waals surface area contributed by atoms with Gasteiger partial charge in [0.1, 0.15) is 25.2 Å². The van der Waals surface area contributed by atoms with Crippen LogP contribution in [0.3, 0.4) is 0 Å². The summed E-state index contributed by atoms with van der Waals surface area (Å²) < 4.78 is 16.4. The fraction of sp³-hybridized carbons (Fsp3) is 0.235. The lowest BCUT2D eigenvalue weighted by Crippen LogP contribution is -2.10. The topological polar surface area (TPSA) is 44.8 Å². The summed E-state index contributed by atoms with van der Waals surface area (Å²) in [4.78, 5) is 10.8. The molecular weight excluding hydrogens is 304 g/mol. The third-order valence-corrected chi connectivity index (χ3v) is 3.26. The van der Waals surface area contributed by atoms with Crippen LogP contribution in [0.15, 0.2) is 36.4 Å². The highest BCUT2D eigenvalue weighted by molar-refractivity contribution is 6.32. The number of ether oxygens (including phenoxy) is 3. The normalized spacial score (nSPS) is 10.1. The Bertz CT molecular complexity index is 655. The lowest BCUT2D eigenvalue weighted by Gasteiger charge is -2.13. The highest BCUT2D eigenvalue weighted by Gasteiger charge is 2.11. The van der Waals surface area contributed by atoms with Crippen molar-refractivity contribution in [3.63, 3.8) is 0 Å². The molecule has 22 heavy (non-hydrogen) atoms. The van der Waals surface area contributed by atoms with Gasteiger partial charge in [0.05, 0.1) is 12.1 Å². The second kappa shape index (κ2) is 7.71. The van der Waals surface area contributed by atoms with E-state index in [4.69, 9.17) is 25.8 Å². The number of halogens is 1. The summed E-state index contributed by atoms with van der Waals surface area (Å²) in [5.41, 5.74) is 1.57. The van der Waals surface area contributed by atoms with Crippen molar-refractivity contribution in [2.75, 3.05) is 20.3 Å². The van der Waals surface area contributed by atoms with Gasteiger partial charge in [-0.3, -0.25) is 4.79 Å². The van der Waals surface area contributed by atoms with E-state index in [-0.39, 0.29) is 0 Å². The molecule has 5 heteroatoms. The van der Waals surface area contributed by atoms with Gasteiger partial charge in [-0.05, 0) is 36.8 Å². The van der Waals surface area contributed by atoms with Gasteiger partial charge in [0, 0.05) is 5.56 Å². The first-order valence-corrected chi connectivity index (χ1v) is 7.17. The molecule has 0 amide bonds. The van der Waals surface area contributed by atoms with Crippen LogP contribution in [-0.2, 0) is 0 Å². The number of hydrogen-bond donors (Lipinski definition) is 0. The zero-order valence-electron chi connectivity index (χ0n) is 12.5. The molecule has 0 saturated heterocycles. The molecular formula is C17H17ClO4. The second-order valence-corrected chi connectivity index (χ2v) is 5.07. The van der Waals surface area contributed by atoms with Crippen LogP contribution in [0.2, 0.25) is 5.02 Å². The molecule has 0 atom stereocenters. The summed E-state index contributed by atoms with van der Waals surface area (Å²) in [6.45, 7) is 2.69. The molecule has 0 radical (unpaired) electrons. The maximum Gasteiger partial charge on any atom is 0.179 e. The maximum absolute atomic E-state index is 10.8. The molecule has 0 N–H and O–H groups in total. The van der Waals surface area contributed by atoms with Gasteiger partial charge >= 0.3 is 0 Å². The van der Waals surface area contributed by atoms with Crippen LogP contribution in [0.25, 0.3) is 0 Å². The fourth-order valence-corrected chi connectivity index (χ4v) is 2.23. The standard InChI is InChI=1S/C17H17ClO4/c1-12-4-3-5-14(8-12)21-6-7-22-17-15(18)9-13(11-19)10-16(17)20-2/h3-5,8-11H,6-7H2,1-2H3. The van der Waals surface area contributed by atoms with E-state index in [0.29, 0.717) is 41.6 Å². The first kappa shape index (κ1) is 16.2. The van der Waals surface area contributed by atoms with Crippen LogP contribution >= 0.6 is 11.6 Å². The van der Waals surface area contributed by atoms with Crippen molar-refractivity contribution in [2.24, 2.45) is 0 Å².